The normalized spacial score (nSPS) is 16.3. The van der Waals surface area contributed by atoms with Crippen molar-refractivity contribution in [2.75, 3.05) is 13.1 Å². The Morgan fingerprint density at radius 2 is 2.00 bits per heavy atom. The molecule has 8 nitrogen and oxygen atoms in total. The van der Waals surface area contributed by atoms with Crippen molar-refractivity contribution in [1.82, 2.24) is 19.7 Å². The molecule has 138 valence electrons. The van der Waals surface area contributed by atoms with Gasteiger partial charge < -0.3 is 14.7 Å². The number of hydrogen-bond donors (Lipinski definition) is 1. The van der Waals surface area contributed by atoms with E-state index in [4.69, 9.17) is 4.74 Å². The fourth-order valence-corrected chi connectivity index (χ4v) is 3.07. The summed E-state index contributed by atoms with van der Waals surface area (Å²) in [6.07, 6.45) is 3.81. The molecule has 1 aliphatic rings. The molecular formula is C18H22N4O4. The molecule has 26 heavy (non-hydrogen) atoms. The molecule has 1 aromatic carbocycles. The highest BCUT2D eigenvalue weighted by atomic mass is 16.5. The lowest BCUT2D eigenvalue weighted by atomic mass is 9.90. The van der Waals surface area contributed by atoms with Crippen LogP contribution < -0.4 is 4.74 Å². The van der Waals surface area contributed by atoms with Gasteiger partial charge in [-0.05, 0) is 18.6 Å². The highest BCUT2D eigenvalue weighted by Gasteiger charge is 2.45. The first kappa shape index (κ1) is 17.9. The van der Waals surface area contributed by atoms with Crippen molar-refractivity contribution in [2.24, 2.45) is 0 Å². The van der Waals surface area contributed by atoms with Crippen LogP contribution in [-0.2, 0) is 16.1 Å². The van der Waals surface area contributed by atoms with E-state index in [0.29, 0.717) is 31.8 Å². The van der Waals surface area contributed by atoms with E-state index in [9.17, 15) is 14.7 Å². The maximum atomic E-state index is 12.4. The van der Waals surface area contributed by atoms with E-state index in [2.05, 4.69) is 10.1 Å². The van der Waals surface area contributed by atoms with Gasteiger partial charge in [-0.1, -0.05) is 18.2 Å². The number of nitrogens with zero attached hydrogens (tertiary/aromatic N) is 4. The average Bonchev–Trinajstić information content (AvgIpc) is 3.16. The first-order chi connectivity index (χ1) is 12.5. The number of carboxylic acid groups (broad SMARTS) is 1. The Balaban J connectivity index is 1.61. The van der Waals surface area contributed by atoms with Crippen molar-refractivity contribution in [3.05, 3.63) is 42.5 Å². The summed E-state index contributed by atoms with van der Waals surface area (Å²) in [7, 11) is 0. The molecule has 0 radical (unpaired) electrons. The lowest BCUT2D eigenvalue weighted by molar-refractivity contribution is -0.161. The van der Waals surface area contributed by atoms with Gasteiger partial charge in [0.05, 0.1) is 6.54 Å². The van der Waals surface area contributed by atoms with Crippen LogP contribution >= 0.6 is 0 Å². The second kappa shape index (κ2) is 7.55. The quantitative estimate of drug-likeness (QED) is 0.840. The van der Waals surface area contributed by atoms with E-state index >= 15 is 0 Å². The number of carbonyl (C=O) groups excluding carboxylic acids is 1. The van der Waals surface area contributed by atoms with Crippen molar-refractivity contribution >= 4 is 11.9 Å². The van der Waals surface area contributed by atoms with Crippen LogP contribution in [0.2, 0.25) is 0 Å². The van der Waals surface area contributed by atoms with Gasteiger partial charge in [-0.3, -0.25) is 9.48 Å². The lowest BCUT2D eigenvalue weighted by Gasteiger charge is -2.39. The van der Waals surface area contributed by atoms with Gasteiger partial charge in [0.15, 0.2) is 0 Å². The molecule has 1 aromatic heterocycles. The van der Waals surface area contributed by atoms with Crippen molar-refractivity contribution < 1.29 is 19.4 Å². The smallest absolute Gasteiger partial charge is 0.348 e. The minimum absolute atomic E-state index is 0.0182. The van der Waals surface area contributed by atoms with Gasteiger partial charge in [0.2, 0.25) is 11.5 Å². The number of carbonyl (C=O) groups is 2. The molecule has 0 unspecified atom stereocenters. The Morgan fingerprint density at radius 1 is 1.27 bits per heavy atom. The molecule has 1 saturated heterocycles. The van der Waals surface area contributed by atoms with Crippen LogP contribution in [-0.4, -0.2) is 55.3 Å². The molecule has 2 aromatic rings. The number of aryl methyl sites for hydroxylation is 2. The number of hydrogen-bond acceptors (Lipinski definition) is 5. The number of likely N-dealkylation sites (tertiary alicyclic amines) is 1. The van der Waals surface area contributed by atoms with E-state index in [0.717, 1.165) is 5.56 Å². The fourth-order valence-electron chi connectivity index (χ4n) is 3.07. The molecule has 1 amide bonds. The summed E-state index contributed by atoms with van der Waals surface area (Å²) in [4.78, 5) is 29.8. The standard InChI is InChI=1S/C18H22N4O4/c1-14-4-2-3-5-15(14)26-18(17(24)25)7-10-21(11-8-18)16(23)6-9-22-13-19-12-20-22/h2-5,12-13H,6-11H2,1H3,(H,24,25). The predicted molar refractivity (Wildman–Crippen MR) is 92.6 cm³/mol. The topological polar surface area (TPSA) is 97.6 Å². The number of benzene rings is 1. The number of rotatable bonds is 6. The van der Waals surface area contributed by atoms with Crippen LogP contribution in [0.5, 0.6) is 5.75 Å². The van der Waals surface area contributed by atoms with Crippen molar-refractivity contribution in [3.63, 3.8) is 0 Å². The van der Waals surface area contributed by atoms with E-state index in [-0.39, 0.29) is 18.7 Å². The Hall–Kier alpha value is -2.90. The maximum absolute atomic E-state index is 12.4. The molecule has 8 heteroatoms. The third kappa shape index (κ3) is 3.84. The second-order valence-electron chi connectivity index (χ2n) is 6.46. The van der Waals surface area contributed by atoms with Gasteiger partial charge in [0.25, 0.3) is 0 Å². The monoisotopic (exact) mass is 358 g/mol. The first-order valence-corrected chi connectivity index (χ1v) is 8.58. The van der Waals surface area contributed by atoms with Gasteiger partial charge in [-0.25, -0.2) is 9.78 Å². The lowest BCUT2D eigenvalue weighted by Crippen LogP contribution is -2.54. The summed E-state index contributed by atoms with van der Waals surface area (Å²) in [6, 6.07) is 7.36. The number of carboxylic acids is 1. The van der Waals surface area contributed by atoms with Crippen LogP contribution in [0.15, 0.2) is 36.9 Å². The van der Waals surface area contributed by atoms with Crippen molar-refractivity contribution in [3.8, 4) is 5.75 Å². The minimum Gasteiger partial charge on any atom is -0.478 e. The Labute approximate surface area is 151 Å². The average molecular weight is 358 g/mol. The van der Waals surface area contributed by atoms with E-state index in [1.165, 1.54) is 6.33 Å². The highest BCUT2D eigenvalue weighted by Crippen LogP contribution is 2.31. The van der Waals surface area contributed by atoms with Gasteiger partial charge >= 0.3 is 5.97 Å². The third-order valence-electron chi connectivity index (χ3n) is 4.73. The van der Waals surface area contributed by atoms with Gasteiger partial charge in [-0.2, -0.15) is 5.10 Å². The summed E-state index contributed by atoms with van der Waals surface area (Å²) in [6.45, 7) is 3.05. The largest absolute Gasteiger partial charge is 0.478 e. The number of amides is 1. The zero-order valence-corrected chi connectivity index (χ0v) is 14.7. The van der Waals surface area contributed by atoms with Crippen LogP contribution in [0.4, 0.5) is 0 Å². The zero-order chi connectivity index (χ0) is 18.6. The summed E-state index contributed by atoms with van der Waals surface area (Å²) >= 11 is 0. The van der Waals surface area contributed by atoms with E-state index in [1.54, 1.807) is 22.0 Å². The zero-order valence-electron chi connectivity index (χ0n) is 14.7. The minimum atomic E-state index is -1.30. The van der Waals surface area contributed by atoms with Crippen molar-refractivity contribution in [1.29, 1.82) is 0 Å². The van der Waals surface area contributed by atoms with Crippen LogP contribution in [0.25, 0.3) is 0 Å². The Kier molecular flexibility index (Phi) is 5.20. The molecule has 0 bridgehead atoms. The maximum Gasteiger partial charge on any atom is 0.348 e. The molecule has 2 heterocycles. The molecular weight excluding hydrogens is 336 g/mol. The number of ether oxygens (including phenoxy) is 1. The Bertz CT molecular complexity index is 767. The number of para-hydroxylation sites is 1. The number of aromatic nitrogens is 3. The first-order valence-electron chi connectivity index (χ1n) is 8.58. The fraction of sp³-hybridized carbons (Fsp3) is 0.444. The van der Waals surface area contributed by atoms with Crippen molar-refractivity contribution in [2.45, 2.75) is 38.3 Å². The summed E-state index contributed by atoms with van der Waals surface area (Å²) in [5.41, 5.74) is -0.408. The molecule has 0 spiro atoms. The molecule has 3 rings (SSSR count). The molecule has 0 saturated carbocycles. The van der Waals surface area contributed by atoms with E-state index < -0.39 is 11.6 Å². The van der Waals surface area contributed by atoms with Crippen LogP contribution in [0.1, 0.15) is 24.8 Å². The highest BCUT2D eigenvalue weighted by molar-refractivity contribution is 5.80. The van der Waals surface area contributed by atoms with Gasteiger partial charge in [0, 0.05) is 32.4 Å². The second-order valence-corrected chi connectivity index (χ2v) is 6.46. The summed E-state index contributed by atoms with van der Waals surface area (Å²) in [5.74, 6) is -0.438. The van der Waals surface area contributed by atoms with Gasteiger partial charge in [-0.15, -0.1) is 0 Å². The van der Waals surface area contributed by atoms with Gasteiger partial charge in [0.1, 0.15) is 18.4 Å². The molecule has 1 aliphatic heterocycles. The number of aliphatic carboxylic acids is 1. The molecule has 0 aliphatic carbocycles. The summed E-state index contributed by atoms with van der Waals surface area (Å²) < 4.78 is 7.52. The molecule has 1 fully saturated rings. The van der Waals surface area contributed by atoms with Crippen LogP contribution in [0, 0.1) is 6.92 Å². The summed E-state index contributed by atoms with van der Waals surface area (Å²) in [5, 5.41) is 13.7. The SMILES string of the molecule is Cc1ccccc1OC1(C(=O)O)CCN(C(=O)CCn2cncn2)CC1. The number of piperidine rings is 1. The van der Waals surface area contributed by atoms with Crippen LogP contribution in [0.3, 0.4) is 0 Å². The van der Waals surface area contributed by atoms with E-state index in [1.807, 2.05) is 25.1 Å². The molecule has 0 atom stereocenters. The third-order valence-corrected chi connectivity index (χ3v) is 4.73. The predicted octanol–water partition coefficient (Wildman–Crippen LogP) is 1.50. The molecule has 1 N–H and O–H groups in total. The Morgan fingerprint density at radius 3 is 2.62 bits per heavy atom.